The molecule has 1 aromatic carbocycles. The molecular weight excluding hydrogens is 339 g/mol. The van der Waals surface area contributed by atoms with Crippen molar-refractivity contribution >= 4 is 29.0 Å². The van der Waals surface area contributed by atoms with E-state index in [1.54, 1.807) is 11.6 Å². The lowest BCUT2D eigenvalue weighted by molar-refractivity contribution is -0.387. The second kappa shape index (κ2) is 7.34. The van der Waals surface area contributed by atoms with Crippen LogP contribution in [0.4, 0.5) is 15.8 Å². The van der Waals surface area contributed by atoms with E-state index in [4.69, 9.17) is 0 Å². The highest BCUT2D eigenvalue weighted by Gasteiger charge is 2.21. The van der Waals surface area contributed by atoms with Crippen molar-refractivity contribution in [3.63, 3.8) is 0 Å². The van der Waals surface area contributed by atoms with Gasteiger partial charge in [-0.1, -0.05) is 11.8 Å². The fraction of sp³-hybridized carbons (Fsp3) is 0.385. The summed E-state index contributed by atoms with van der Waals surface area (Å²) in [5.74, 6) is -1.37. The van der Waals surface area contributed by atoms with Crippen molar-refractivity contribution in [3.05, 3.63) is 34.1 Å². The van der Waals surface area contributed by atoms with Gasteiger partial charge in [0.15, 0.2) is 0 Å². The van der Waals surface area contributed by atoms with E-state index in [9.17, 15) is 19.3 Å². The summed E-state index contributed by atoms with van der Waals surface area (Å²) < 4.78 is 14.9. The number of hydrogen-bond acceptors (Lipinski definition) is 7. The van der Waals surface area contributed by atoms with Crippen LogP contribution in [0.25, 0.3) is 0 Å². The molecule has 0 saturated carbocycles. The molecule has 0 aliphatic heterocycles. The lowest BCUT2D eigenvalue weighted by Gasteiger charge is -2.12. The minimum atomic E-state index is -0.962. The second-order valence-electron chi connectivity index (χ2n) is 5.17. The van der Waals surface area contributed by atoms with E-state index >= 15 is 0 Å². The van der Waals surface area contributed by atoms with E-state index in [-0.39, 0.29) is 11.7 Å². The predicted molar refractivity (Wildman–Crippen MR) is 85.2 cm³/mol. The van der Waals surface area contributed by atoms with Gasteiger partial charge in [-0.2, -0.15) is 4.39 Å². The first-order chi connectivity index (χ1) is 11.3. The van der Waals surface area contributed by atoms with E-state index in [0.29, 0.717) is 5.16 Å². The Labute approximate surface area is 140 Å². The molecule has 24 heavy (non-hydrogen) atoms. The monoisotopic (exact) mass is 354 g/mol. The van der Waals surface area contributed by atoms with Crippen LogP contribution in [0.3, 0.4) is 0 Å². The van der Waals surface area contributed by atoms with Crippen LogP contribution in [-0.2, 0) is 4.79 Å². The van der Waals surface area contributed by atoms with Crippen molar-refractivity contribution in [2.45, 2.75) is 37.2 Å². The molecule has 0 radical (unpaired) electrons. The highest BCUT2D eigenvalue weighted by molar-refractivity contribution is 8.00. The number of hydrogen-bond donors (Lipinski definition) is 1. The second-order valence-corrected chi connectivity index (χ2v) is 6.48. The summed E-state index contributed by atoms with van der Waals surface area (Å²) in [6, 6.07) is 3.21. The largest absolute Gasteiger partial charge is 0.325 e. The maximum atomic E-state index is 13.3. The molecule has 2 rings (SSSR count). The molecule has 1 unspecified atom stereocenters. The first kappa shape index (κ1) is 17.8. The zero-order chi connectivity index (χ0) is 17.9. The quantitative estimate of drug-likeness (QED) is 0.481. The summed E-state index contributed by atoms with van der Waals surface area (Å²) in [4.78, 5) is 22.1. The van der Waals surface area contributed by atoms with E-state index in [2.05, 4.69) is 20.8 Å². The molecule has 11 heteroatoms. The van der Waals surface area contributed by atoms with Gasteiger partial charge >= 0.3 is 5.69 Å². The Morgan fingerprint density at radius 3 is 2.75 bits per heavy atom. The number of benzene rings is 1. The van der Waals surface area contributed by atoms with Gasteiger partial charge < -0.3 is 5.32 Å². The average molecular weight is 354 g/mol. The third-order valence-corrected chi connectivity index (χ3v) is 4.06. The van der Waals surface area contributed by atoms with Crippen LogP contribution in [0.15, 0.2) is 23.4 Å². The van der Waals surface area contributed by atoms with Crippen molar-refractivity contribution in [1.29, 1.82) is 0 Å². The van der Waals surface area contributed by atoms with E-state index < -0.39 is 27.6 Å². The molecule has 9 nitrogen and oxygen atoms in total. The number of aromatic nitrogens is 4. The van der Waals surface area contributed by atoms with Crippen LogP contribution in [0.1, 0.15) is 26.8 Å². The molecule has 1 N–H and O–H groups in total. The van der Waals surface area contributed by atoms with Gasteiger partial charge in [0, 0.05) is 11.8 Å². The number of tetrazole rings is 1. The van der Waals surface area contributed by atoms with Crippen molar-refractivity contribution in [1.82, 2.24) is 20.2 Å². The zero-order valence-electron chi connectivity index (χ0n) is 13.1. The van der Waals surface area contributed by atoms with Crippen LogP contribution < -0.4 is 5.32 Å². The summed E-state index contributed by atoms with van der Waals surface area (Å²) in [6.45, 7) is 5.46. The number of halogens is 1. The summed E-state index contributed by atoms with van der Waals surface area (Å²) in [6.07, 6.45) is 0. The summed E-state index contributed by atoms with van der Waals surface area (Å²) in [5.41, 5.74) is -0.555. The number of anilines is 1. The molecule has 1 aromatic heterocycles. The fourth-order valence-corrected chi connectivity index (χ4v) is 2.69. The number of amides is 1. The maximum Gasteiger partial charge on any atom is 0.306 e. The molecule has 1 amide bonds. The Bertz CT molecular complexity index is 766. The molecule has 0 aliphatic carbocycles. The first-order valence-electron chi connectivity index (χ1n) is 6.99. The molecule has 128 valence electrons. The molecule has 0 bridgehead atoms. The number of carbonyl (C=O) groups excluding carboxylic acids is 1. The van der Waals surface area contributed by atoms with Crippen molar-refractivity contribution in [2.75, 3.05) is 5.32 Å². The Morgan fingerprint density at radius 2 is 2.12 bits per heavy atom. The number of thioether (sulfide) groups is 1. The fourth-order valence-electron chi connectivity index (χ4n) is 1.77. The molecule has 1 atom stereocenters. The van der Waals surface area contributed by atoms with Gasteiger partial charge in [0.2, 0.25) is 16.9 Å². The van der Waals surface area contributed by atoms with Gasteiger partial charge in [0.05, 0.1) is 16.2 Å². The van der Waals surface area contributed by atoms with E-state index in [1.807, 2.05) is 13.8 Å². The summed E-state index contributed by atoms with van der Waals surface area (Å²) >= 11 is 1.15. The normalized spacial score (nSPS) is 12.2. The number of nitro groups is 1. The van der Waals surface area contributed by atoms with E-state index in [0.717, 1.165) is 23.9 Å². The predicted octanol–water partition coefficient (Wildman–Crippen LogP) is 2.42. The number of nitro benzene ring substituents is 1. The lowest BCUT2D eigenvalue weighted by atomic mass is 10.2. The van der Waals surface area contributed by atoms with Gasteiger partial charge in [-0.05, 0) is 43.3 Å². The van der Waals surface area contributed by atoms with Gasteiger partial charge in [0.25, 0.3) is 0 Å². The van der Waals surface area contributed by atoms with Crippen molar-refractivity contribution in [2.24, 2.45) is 0 Å². The summed E-state index contributed by atoms with van der Waals surface area (Å²) in [7, 11) is 0. The third-order valence-electron chi connectivity index (χ3n) is 3.01. The zero-order valence-corrected chi connectivity index (χ0v) is 14.0. The molecule has 0 saturated heterocycles. The third kappa shape index (κ3) is 4.04. The van der Waals surface area contributed by atoms with E-state index in [1.165, 1.54) is 6.07 Å². The molecular formula is C13H15FN6O3S. The van der Waals surface area contributed by atoms with Crippen LogP contribution in [0, 0.1) is 15.9 Å². The topological polar surface area (TPSA) is 116 Å². The molecule has 0 aliphatic rings. The van der Waals surface area contributed by atoms with Crippen LogP contribution in [0.5, 0.6) is 0 Å². The van der Waals surface area contributed by atoms with Crippen LogP contribution >= 0.6 is 11.8 Å². The van der Waals surface area contributed by atoms with Gasteiger partial charge in [-0.15, -0.1) is 5.10 Å². The number of rotatable bonds is 6. The van der Waals surface area contributed by atoms with Gasteiger partial charge in [-0.25, -0.2) is 4.68 Å². The minimum absolute atomic E-state index is 0.0394. The highest BCUT2D eigenvalue weighted by Crippen LogP contribution is 2.25. The SMILES string of the molecule is CC(Sc1nnnn1C(C)C)C(=O)Nc1ccc(F)c([N+](=O)[O-])c1. The average Bonchev–Trinajstić information content (AvgIpc) is 2.97. The summed E-state index contributed by atoms with van der Waals surface area (Å²) in [5, 5.41) is 24.4. The number of nitrogens with zero attached hydrogens (tertiary/aromatic N) is 5. The maximum absolute atomic E-state index is 13.3. The smallest absolute Gasteiger partial charge is 0.306 e. The molecule has 2 aromatic rings. The Balaban J connectivity index is 2.08. The van der Waals surface area contributed by atoms with Gasteiger partial charge in [-0.3, -0.25) is 14.9 Å². The standard InChI is InChI=1S/C13H15FN6O3S/c1-7(2)19-13(16-17-18-19)24-8(3)12(21)15-9-4-5-10(14)11(6-9)20(22)23/h4-8H,1-3H3,(H,15,21). The lowest BCUT2D eigenvalue weighted by Crippen LogP contribution is -2.23. The minimum Gasteiger partial charge on any atom is -0.325 e. The Morgan fingerprint density at radius 1 is 1.42 bits per heavy atom. The highest BCUT2D eigenvalue weighted by atomic mass is 32.2. The van der Waals surface area contributed by atoms with Crippen molar-refractivity contribution < 1.29 is 14.1 Å². The Kier molecular flexibility index (Phi) is 5.44. The molecule has 1 heterocycles. The van der Waals surface area contributed by atoms with Crippen molar-refractivity contribution in [3.8, 4) is 0 Å². The van der Waals surface area contributed by atoms with Crippen LogP contribution in [-0.4, -0.2) is 36.3 Å². The van der Waals surface area contributed by atoms with Crippen LogP contribution in [0.2, 0.25) is 0 Å². The molecule has 0 spiro atoms. The molecule has 0 fully saturated rings. The number of carbonyl (C=O) groups is 1. The Hall–Kier alpha value is -2.56. The number of nitrogens with one attached hydrogen (secondary N) is 1. The first-order valence-corrected chi connectivity index (χ1v) is 7.87. The van der Waals surface area contributed by atoms with Gasteiger partial charge in [0.1, 0.15) is 0 Å².